The summed E-state index contributed by atoms with van der Waals surface area (Å²) in [4.78, 5) is 24.7. The van der Waals surface area contributed by atoms with Gasteiger partial charge in [-0.05, 0) is 47.2 Å². The van der Waals surface area contributed by atoms with E-state index in [-0.39, 0.29) is 11.3 Å². The molecule has 0 aliphatic carbocycles. The number of anilines is 1. The third kappa shape index (κ3) is 5.09. The Morgan fingerprint density at radius 2 is 1.69 bits per heavy atom. The van der Waals surface area contributed by atoms with Crippen molar-refractivity contribution < 1.29 is 44.2 Å². The number of nitrogens with one attached hydrogen (secondary N) is 1. The van der Waals surface area contributed by atoms with Crippen LogP contribution in [0, 0.1) is 0 Å². The normalized spacial score (nSPS) is 24.1. The number of methoxy groups -OCH3 is 1. The van der Waals surface area contributed by atoms with Crippen LogP contribution >= 0.6 is 15.9 Å². The van der Waals surface area contributed by atoms with Crippen LogP contribution in [0.1, 0.15) is 10.4 Å². The summed E-state index contributed by atoms with van der Waals surface area (Å²) in [5.74, 6) is -1.73. The molecule has 0 aromatic heterocycles. The van der Waals surface area contributed by atoms with Crippen molar-refractivity contribution in [3.63, 3.8) is 0 Å². The summed E-state index contributed by atoms with van der Waals surface area (Å²) in [6.45, 7) is 0. The van der Waals surface area contributed by atoms with Gasteiger partial charge in [0.15, 0.2) is 6.10 Å². The van der Waals surface area contributed by atoms with Crippen molar-refractivity contribution in [2.75, 3.05) is 12.4 Å². The molecule has 1 aliphatic heterocycles. The van der Waals surface area contributed by atoms with Gasteiger partial charge in [0.05, 0.1) is 18.4 Å². The fraction of sp³-hybridized carbons (Fsp3) is 0.250. The number of carbonyl (C=O) groups is 2. The summed E-state index contributed by atoms with van der Waals surface area (Å²) in [6, 6.07) is 15.2. The number of amides is 1. The van der Waals surface area contributed by atoms with Gasteiger partial charge < -0.3 is 40.0 Å². The average Bonchev–Trinajstić information content (AvgIpc) is 2.84. The van der Waals surface area contributed by atoms with E-state index in [0.29, 0.717) is 22.2 Å². The van der Waals surface area contributed by atoms with Crippen LogP contribution in [0.25, 0.3) is 10.8 Å². The number of carboxylic acid groups (broad SMARTS) is 1. The second-order valence-corrected chi connectivity index (χ2v) is 8.76. The third-order valence-corrected chi connectivity index (χ3v) is 6.05. The molecule has 0 radical (unpaired) electrons. The number of hydrogen-bond donors (Lipinski definition) is 5. The lowest BCUT2D eigenvalue weighted by molar-refractivity contribution is -0.271. The van der Waals surface area contributed by atoms with Gasteiger partial charge in [0.25, 0.3) is 5.91 Å². The molecule has 4 rings (SSSR count). The van der Waals surface area contributed by atoms with Crippen LogP contribution in [0.2, 0.25) is 0 Å². The van der Waals surface area contributed by atoms with Crippen LogP contribution in [-0.4, -0.2) is 70.1 Å². The minimum atomic E-state index is -1.87. The highest BCUT2D eigenvalue weighted by molar-refractivity contribution is 9.10. The molecule has 3 aromatic rings. The number of fused-ring (bicyclic) bond motifs is 1. The van der Waals surface area contributed by atoms with E-state index in [2.05, 4.69) is 21.2 Å². The van der Waals surface area contributed by atoms with Gasteiger partial charge in [-0.25, -0.2) is 4.79 Å². The second kappa shape index (κ2) is 10.2. The van der Waals surface area contributed by atoms with Gasteiger partial charge in [-0.1, -0.05) is 34.1 Å². The average molecular weight is 548 g/mol. The van der Waals surface area contributed by atoms with Crippen molar-refractivity contribution in [1.29, 1.82) is 0 Å². The molecule has 5 N–H and O–H groups in total. The molecule has 1 aliphatic rings. The highest BCUT2D eigenvalue weighted by atomic mass is 79.9. The fourth-order valence-corrected chi connectivity index (χ4v) is 4.11. The Kier molecular flexibility index (Phi) is 7.24. The molecular formula is C24H22BrNO9. The van der Waals surface area contributed by atoms with E-state index in [9.17, 15) is 30.0 Å². The number of carboxylic acids is 1. The monoisotopic (exact) mass is 547 g/mol. The molecule has 184 valence electrons. The van der Waals surface area contributed by atoms with Crippen molar-refractivity contribution >= 4 is 44.3 Å². The van der Waals surface area contributed by atoms with E-state index in [1.807, 2.05) is 0 Å². The molecular weight excluding hydrogens is 526 g/mol. The van der Waals surface area contributed by atoms with E-state index < -0.39 is 42.6 Å². The van der Waals surface area contributed by atoms with Crippen LogP contribution in [0.5, 0.6) is 11.5 Å². The Hall–Kier alpha value is -3.22. The first kappa shape index (κ1) is 24.9. The summed E-state index contributed by atoms with van der Waals surface area (Å²) in [6.07, 6.45) is -9.03. The number of hydrogen-bond acceptors (Lipinski definition) is 8. The molecule has 0 saturated carbocycles. The maximum Gasteiger partial charge on any atom is 0.335 e. The molecule has 0 bridgehead atoms. The lowest BCUT2D eigenvalue weighted by atomic mass is 9.99. The van der Waals surface area contributed by atoms with Gasteiger partial charge >= 0.3 is 5.97 Å². The van der Waals surface area contributed by atoms with E-state index in [4.69, 9.17) is 14.2 Å². The number of benzene rings is 3. The standard InChI is InChI=1S/C24H22BrNO9/c1-33-16-5-3-2-4-15(16)26-22(30)14-9-12-8-13(25)7-6-11(12)10-17(14)34-24-20(29)18(27)19(28)21(35-24)23(31)32/h2-10,18-21,24,27-29H,1H3,(H,26,30)(H,31,32)/t18-,19-,20+,21-,24+/m0/s1. The van der Waals surface area contributed by atoms with E-state index in [1.165, 1.54) is 13.2 Å². The van der Waals surface area contributed by atoms with E-state index >= 15 is 0 Å². The Labute approximate surface area is 207 Å². The third-order valence-electron chi connectivity index (χ3n) is 5.56. The van der Waals surface area contributed by atoms with Crippen molar-refractivity contribution in [3.8, 4) is 11.5 Å². The highest BCUT2D eigenvalue weighted by Gasteiger charge is 2.48. The van der Waals surface area contributed by atoms with E-state index in [0.717, 1.165) is 4.47 Å². The molecule has 0 unspecified atom stereocenters. The largest absolute Gasteiger partial charge is 0.495 e. The predicted octanol–water partition coefficient (Wildman–Crippen LogP) is 2.13. The number of rotatable bonds is 6. The lowest BCUT2D eigenvalue weighted by Gasteiger charge is -2.38. The van der Waals surface area contributed by atoms with Crippen LogP contribution in [0.4, 0.5) is 5.69 Å². The highest BCUT2D eigenvalue weighted by Crippen LogP contribution is 2.33. The zero-order valence-electron chi connectivity index (χ0n) is 18.3. The lowest BCUT2D eigenvalue weighted by Crippen LogP contribution is -2.61. The summed E-state index contributed by atoms with van der Waals surface area (Å²) in [5, 5.41) is 43.9. The Balaban J connectivity index is 1.73. The predicted molar refractivity (Wildman–Crippen MR) is 128 cm³/mol. The number of aliphatic carboxylic acids is 1. The summed E-state index contributed by atoms with van der Waals surface area (Å²) < 4.78 is 17.0. The first-order valence-electron chi connectivity index (χ1n) is 10.5. The van der Waals surface area contributed by atoms with Crippen molar-refractivity contribution in [1.82, 2.24) is 0 Å². The minimum absolute atomic E-state index is 0.0380. The van der Waals surface area contributed by atoms with Gasteiger partial charge in [-0.3, -0.25) is 4.79 Å². The van der Waals surface area contributed by atoms with Crippen LogP contribution in [-0.2, 0) is 9.53 Å². The maximum absolute atomic E-state index is 13.3. The molecule has 1 saturated heterocycles. The molecule has 11 heteroatoms. The SMILES string of the molecule is COc1ccccc1NC(=O)c1cc2cc(Br)ccc2cc1O[C@@H]1O[C@H](C(=O)O)[C@@H](O)[C@H](O)[C@H]1O. The molecule has 1 heterocycles. The maximum atomic E-state index is 13.3. The van der Waals surface area contributed by atoms with Gasteiger partial charge in [0.2, 0.25) is 6.29 Å². The molecule has 1 amide bonds. The smallest absolute Gasteiger partial charge is 0.335 e. The number of para-hydroxylation sites is 2. The van der Waals surface area contributed by atoms with Crippen LogP contribution < -0.4 is 14.8 Å². The molecule has 10 nitrogen and oxygen atoms in total. The first-order chi connectivity index (χ1) is 16.7. The number of aliphatic hydroxyl groups excluding tert-OH is 3. The number of aliphatic hydroxyl groups is 3. The Morgan fingerprint density at radius 3 is 2.40 bits per heavy atom. The van der Waals surface area contributed by atoms with Gasteiger partial charge in [-0.2, -0.15) is 0 Å². The molecule has 0 spiro atoms. The fourth-order valence-electron chi connectivity index (χ4n) is 3.73. The molecule has 1 fully saturated rings. The summed E-state index contributed by atoms with van der Waals surface area (Å²) in [7, 11) is 1.47. The zero-order chi connectivity index (χ0) is 25.3. The molecule has 5 atom stereocenters. The van der Waals surface area contributed by atoms with Crippen LogP contribution in [0.15, 0.2) is 59.1 Å². The van der Waals surface area contributed by atoms with Gasteiger partial charge in [0.1, 0.15) is 29.8 Å². The topological polar surface area (TPSA) is 155 Å². The van der Waals surface area contributed by atoms with Gasteiger partial charge in [-0.15, -0.1) is 0 Å². The number of carbonyl (C=O) groups excluding carboxylic acids is 1. The Bertz CT molecular complexity index is 1270. The van der Waals surface area contributed by atoms with Crippen molar-refractivity contribution in [2.45, 2.75) is 30.7 Å². The Morgan fingerprint density at radius 1 is 0.943 bits per heavy atom. The van der Waals surface area contributed by atoms with Gasteiger partial charge in [0, 0.05) is 4.47 Å². The molecule has 3 aromatic carbocycles. The zero-order valence-corrected chi connectivity index (χ0v) is 19.9. The number of ether oxygens (including phenoxy) is 3. The summed E-state index contributed by atoms with van der Waals surface area (Å²) in [5.41, 5.74) is 0.448. The second-order valence-electron chi connectivity index (χ2n) is 7.85. The summed E-state index contributed by atoms with van der Waals surface area (Å²) >= 11 is 3.40. The van der Waals surface area contributed by atoms with Crippen LogP contribution in [0.3, 0.4) is 0 Å². The number of halogens is 1. The van der Waals surface area contributed by atoms with Crippen molar-refractivity contribution in [3.05, 3.63) is 64.6 Å². The molecule has 35 heavy (non-hydrogen) atoms. The minimum Gasteiger partial charge on any atom is -0.495 e. The quantitative estimate of drug-likeness (QED) is 0.312. The van der Waals surface area contributed by atoms with E-state index in [1.54, 1.807) is 48.5 Å². The van der Waals surface area contributed by atoms with Crippen molar-refractivity contribution in [2.24, 2.45) is 0 Å². The first-order valence-corrected chi connectivity index (χ1v) is 11.3.